The molecule has 0 unspecified atom stereocenters. The lowest BCUT2D eigenvalue weighted by molar-refractivity contribution is -0.142. The molecule has 23 heavy (non-hydrogen) atoms. The number of rotatable bonds is 1. The first-order valence-corrected chi connectivity index (χ1v) is 9.29. The Labute approximate surface area is 140 Å². The Bertz CT molecular complexity index is 808. The van der Waals surface area contributed by atoms with Gasteiger partial charge in [0, 0.05) is 19.6 Å². The van der Waals surface area contributed by atoms with Gasteiger partial charge in [-0.05, 0) is 60.4 Å². The summed E-state index contributed by atoms with van der Waals surface area (Å²) in [5.41, 5.74) is -0.0420. The minimum atomic E-state index is -4.28. The molecule has 4 aliphatic rings. The molecule has 5 heteroatoms. The van der Waals surface area contributed by atoms with Gasteiger partial charge in [0.1, 0.15) is 0 Å². The highest BCUT2D eigenvalue weighted by Crippen LogP contribution is 2.69. The number of fused-ring (bicyclic) bond motifs is 2. The topological polar surface area (TPSA) is 0 Å². The molecule has 0 N–H and O–H groups in total. The molecule has 3 saturated carbocycles. The minimum absolute atomic E-state index is 0.208. The molecule has 0 atom stereocenters. The van der Waals surface area contributed by atoms with Gasteiger partial charge < -0.3 is 0 Å². The summed E-state index contributed by atoms with van der Waals surface area (Å²) in [7, 11) is 0. The summed E-state index contributed by atoms with van der Waals surface area (Å²) in [6.45, 7) is 0. The Balaban J connectivity index is 1.72. The number of benzene rings is 2. The summed E-state index contributed by atoms with van der Waals surface area (Å²) in [6, 6.07) is 10.9. The van der Waals surface area contributed by atoms with E-state index in [9.17, 15) is 13.2 Å². The third-order valence-corrected chi connectivity index (χ3v) is 7.88. The van der Waals surface area contributed by atoms with Crippen LogP contribution in [0.4, 0.5) is 13.2 Å². The van der Waals surface area contributed by atoms with Crippen molar-refractivity contribution in [3.63, 3.8) is 0 Å². The van der Waals surface area contributed by atoms with E-state index in [2.05, 4.69) is 0 Å². The highest BCUT2D eigenvalue weighted by Gasteiger charge is 2.60. The summed E-state index contributed by atoms with van der Waals surface area (Å²) < 4.78 is 40.8. The standard InChI is InChI=1S/C18H13F3S2/c19-18(20,21)11-5-6-14-16(15(11)17-7-10(8-17)9-17)23-13-4-2-1-3-12(13)22-14/h1-6,10H,7-9H2. The number of alkyl halides is 3. The van der Waals surface area contributed by atoms with Crippen LogP contribution in [0.2, 0.25) is 0 Å². The van der Waals surface area contributed by atoms with E-state index < -0.39 is 11.7 Å². The first-order valence-electron chi connectivity index (χ1n) is 7.66. The van der Waals surface area contributed by atoms with Gasteiger partial charge in [-0.2, -0.15) is 13.2 Å². The van der Waals surface area contributed by atoms with Crippen LogP contribution in [-0.2, 0) is 11.6 Å². The van der Waals surface area contributed by atoms with Crippen LogP contribution in [0.5, 0.6) is 0 Å². The van der Waals surface area contributed by atoms with Gasteiger partial charge in [0.25, 0.3) is 0 Å². The molecular weight excluding hydrogens is 337 g/mol. The van der Waals surface area contributed by atoms with Crippen LogP contribution in [0, 0.1) is 5.92 Å². The SMILES string of the molecule is FC(F)(F)c1ccc2c(c1C13CC(C1)C3)Sc1ccccc1S2. The molecule has 0 spiro atoms. The Hall–Kier alpha value is -1.07. The molecule has 1 heterocycles. The first kappa shape index (κ1) is 14.3. The zero-order valence-electron chi connectivity index (χ0n) is 12.1. The molecule has 0 saturated heterocycles. The molecule has 118 valence electrons. The molecule has 3 fully saturated rings. The second kappa shape index (κ2) is 4.51. The molecular formula is C18H13F3S2. The van der Waals surface area contributed by atoms with E-state index in [-0.39, 0.29) is 5.41 Å². The second-order valence-electron chi connectivity index (χ2n) is 6.72. The Morgan fingerprint density at radius 3 is 2.09 bits per heavy atom. The van der Waals surface area contributed by atoms with Crippen LogP contribution in [0.3, 0.4) is 0 Å². The summed E-state index contributed by atoms with van der Waals surface area (Å²) >= 11 is 3.12. The predicted molar refractivity (Wildman–Crippen MR) is 85.2 cm³/mol. The largest absolute Gasteiger partial charge is 0.416 e. The van der Waals surface area contributed by atoms with E-state index in [1.807, 2.05) is 24.3 Å². The van der Waals surface area contributed by atoms with Gasteiger partial charge in [-0.25, -0.2) is 0 Å². The average Bonchev–Trinajstić information content (AvgIpc) is 2.41. The lowest BCUT2D eigenvalue weighted by Gasteiger charge is -2.63. The van der Waals surface area contributed by atoms with Gasteiger partial charge in [0.2, 0.25) is 0 Å². The Morgan fingerprint density at radius 2 is 1.52 bits per heavy atom. The third kappa shape index (κ3) is 1.96. The number of halogens is 3. The summed E-state index contributed by atoms with van der Waals surface area (Å²) in [4.78, 5) is 4.02. The quantitative estimate of drug-likeness (QED) is 0.500. The van der Waals surface area contributed by atoms with E-state index in [1.54, 1.807) is 17.8 Å². The fraction of sp³-hybridized carbons (Fsp3) is 0.333. The fourth-order valence-corrected chi connectivity index (χ4v) is 6.66. The number of hydrogen-bond donors (Lipinski definition) is 0. The van der Waals surface area contributed by atoms with Gasteiger partial charge in [-0.15, -0.1) is 0 Å². The molecule has 2 aromatic carbocycles. The van der Waals surface area contributed by atoms with E-state index >= 15 is 0 Å². The average molecular weight is 350 g/mol. The van der Waals surface area contributed by atoms with Gasteiger partial charge in [-0.1, -0.05) is 35.7 Å². The van der Waals surface area contributed by atoms with Crippen LogP contribution < -0.4 is 0 Å². The van der Waals surface area contributed by atoms with E-state index in [1.165, 1.54) is 17.8 Å². The molecule has 1 aliphatic heterocycles. The normalized spacial score (nSPS) is 27.5. The van der Waals surface area contributed by atoms with Crippen LogP contribution in [0.25, 0.3) is 0 Å². The fourth-order valence-electron chi connectivity index (χ4n) is 4.14. The van der Waals surface area contributed by atoms with E-state index in [0.717, 1.165) is 38.8 Å². The van der Waals surface area contributed by atoms with Gasteiger partial charge in [0.15, 0.2) is 0 Å². The summed E-state index contributed by atoms with van der Waals surface area (Å²) in [5, 5.41) is 0. The van der Waals surface area contributed by atoms with E-state index in [0.29, 0.717) is 11.5 Å². The van der Waals surface area contributed by atoms with E-state index in [4.69, 9.17) is 0 Å². The van der Waals surface area contributed by atoms with Crippen LogP contribution in [0.1, 0.15) is 30.4 Å². The summed E-state index contributed by atoms with van der Waals surface area (Å²) in [5.74, 6) is 0.653. The van der Waals surface area contributed by atoms with Crippen molar-refractivity contribution in [3.05, 3.63) is 47.5 Å². The monoisotopic (exact) mass is 350 g/mol. The molecule has 0 nitrogen and oxygen atoms in total. The summed E-state index contributed by atoms with van der Waals surface area (Å²) in [6.07, 6.45) is -1.49. The maximum absolute atomic E-state index is 13.6. The van der Waals surface area contributed by atoms with Crippen molar-refractivity contribution in [2.24, 2.45) is 5.92 Å². The van der Waals surface area contributed by atoms with Gasteiger partial charge in [0.05, 0.1) is 5.56 Å². The van der Waals surface area contributed by atoms with Crippen molar-refractivity contribution in [2.75, 3.05) is 0 Å². The zero-order chi connectivity index (χ0) is 15.8. The van der Waals surface area contributed by atoms with Crippen molar-refractivity contribution in [1.82, 2.24) is 0 Å². The van der Waals surface area contributed by atoms with Gasteiger partial charge in [-0.3, -0.25) is 0 Å². The molecule has 2 aromatic rings. The maximum Gasteiger partial charge on any atom is 0.416 e. The smallest absolute Gasteiger partial charge is 0.166 e. The van der Waals surface area contributed by atoms with Crippen molar-refractivity contribution >= 4 is 23.5 Å². The highest BCUT2D eigenvalue weighted by molar-refractivity contribution is 8.05. The van der Waals surface area contributed by atoms with Crippen LogP contribution >= 0.6 is 23.5 Å². The zero-order valence-corrected chi connectivity index (χ0v) is 13.7. The number of hydrogen-bond acceptors (Lipinski definition) is 2. The molecule has 0 radical (unpaired) electrons. The molecule has 3 aliphatic carbocycles. The lowest BCUT2D eigenvalue weighted by Crippen LogP contribution is -2.56. The van der Waals surface area contributed by atoms with Crippen molar-refractivity contribution in [3.8, 4) is 0 Å². The third-order valence-electron chi connectivity index (χ3n) is 5.28. The van der Waals surface area contributed by atoms with Crippen LogP contribution in [-0.4, -0.2) is 0 Å². The van der Waals surface area contributed by atoms with Crippen molar-refractivity contribution in [1.29, 1.82) is 0 Å². The molecule has 0 aromatic heterocycles. The highest BCUT2D eigenvalue weighted by atomic mass is 32.2. The molecule has 2 bridgehead atoms. The Kier molecular flexibility index (Phi) is 2.80. The first-order chi connectivity index (χ1) is 11.0. The van der Waals surface area contributed by atoms with Crippen molar-refractivity contribution < 1.29 is 13.2 Å². The maximum atomic E-state index is 13.6. The van der Waals surface area contributed by atoms with Crippen LogP contribution in [0.15, 0.2) is 56.0 Å². The predicted octanol–water partition coefficient (Wildman–Crippen LogP) is 6.37. The van der Waals surface area contributed by atoms with Gasteiger partial charge >= 0.3 is 6.18 Å². The van der Waals surface area contributed by atoms with Crippen molar-refractivity contribution in [2.45, 2.75) is 50.4 Å². The Morgan fingerprint density at radius 1 is 0.870 bits per heavy atom. The molecule has 6 rings (SSSR count). The second-order valence-corrected chi connectivity index (χ2v) is 8.86. The molecule has 0 amide bonds. The minimum Gasteiger partial charge on any atom is -0.166 e. The lowest BCUT2D eigenvalue weighted by atomic mass is 9.42.